The summed E-state index contributed by atoms with van der Waals surface area (Å²) in [4.78, 5) is 13.2. The second kappa shape index (κ2) is 7.27. The lowest BCUT2D eigenvalue weighted by Gasteiger charge is -2.31. The molecular formula is C14H17BrClNO2. The van der Waals surface area contributed by atoms with E-state index < -0.39 is 0 Å². The summed E-state index contributed by atoms with van der Waals surface area (Å²) in [5.41, 5.74) is 0. The Morgan fingerprint density at radius 1 is 1.47 bits per heavy atom. The molecule has 0 N–H and O–H groups in total. The van der Waals surface area contributed by atoms with Gasteiger partial charge in [-0.3, -0.25) is 4.90 Å². The number of likely N-dealkylation sites (tertiary alicyclic amines) is 1. The minimum atomic E-state index is 0.0611. The lowest BCUT2D eigenvalue weighted by atomic mass is 10.0. The summed E-state index contributed by atoms with van der Waals surface area (Å²) in [5.74, 6) is 0.782. The van der Waals surface area contributed by atoms with Crippen molar-refractivity contribution in [1.29, 1.82) is 0 Å². The largest absolute Gasteiger partial charge is 0.491 e. The van der Waals surface area contributed by atoms with E-state index in [2.05, 4.69) is 20.8 Å². The van der Waals surface area contributed by atoms with E-state index in [0.717, 1.165) is 48.9 Å². The minimum absolute atomic E-state index is 0.0611. The molecule has 104 valence electrons. The summed E-state index contributed by atoms with van der Waals surface area (Å²) < 4.78 is 6.58. The number of piperidine rings is 1. The van der Waals surface area contributed by atoms with Gasteiger partial charge in [0.2, 0.25) is 0 Å². The molecule has 0 aromatic heterocycles. The highest BCUT2D eigenvalue weighted by molar-refractivity contribution is 9.10. The molecule has 19 heavy (non-hydrogen) atoms. The van der Waals surface area contributed by atoms with Crippen LogP contribution in [0.15, 0.2) is 22.7 Å². The molecule has 0 radical (unpaired) electrons. The Bertz CT molecular complexity index is 441. The fourth-order valence-electron chi connectivity index (χ4n) is 2.31. The zero-order chi connectivity index (χ0) is 13.7. The van der Waals surface area contributed by atoms with Gasteiger partial charge in [-0.15, -0.1) is 0 Å². The van der Waals surface area contributed by atoms with E-state index in [4.69, 9.17) is 16.3 Å². The molecule has 1 aliphatic rings. The lowest BCUT2D eigenvalue weighted by molar-refractivity contribution is -0.113. The van der Waals surface area contributed by atoms with Crippen LogP contribution >= 0.6 is 27.5 Å². The fourth-order valence-corrected chi connectivity index (χ4v) is 3.11. The predicted octanol–water partition coefficient (Wildman–Crippen LogP) is 3.53. The van der Waals surface area contributed by atoms with Crippen molar-refractivity contribution in [3.05, 3.63) is 27.7 Å². The second-order valence-electron chi connectivity index (χ2n) is 4.66. The summed E-state index contributed by atoms with van der Waals surface area (Å²) >= 11 is 9.30. The third kappa shape index (κ3) is 4.20. The third-order valence-corrected chi connectivity index (χ3v) is 4.21. The molecule has 0 saturated carbocycles. The zero-order valence-corrected chi connectivity index (χ0v) is 13.0. The first kappa shape index (κ1) is 14.8. The third-order valence-electron chi connectivity index (χ3n) is 3.35. The maximum absolute atomic E-state index is 11.0. The lowest BCUT2D eigenvalue weighted by Crippen LogP contribution is -2.42. The molecule has 1 aromatic rings. The van der Waals surface area contributed by atoms with E-state index in [0.29, 0.717) is 11.6 Å². The molecule has 1 heterocycles. The molecule has 5 heteroatoms. The monoisotopic (exact) mass is 345 g/mol. The average molecular weight is 347 g/mol. The molecule has 1 atom stereocenters. The van der Waals surface area contributed by atoms with Gasteiger partial charge in [0.1, 0.15) is 18.6 Å². The van der Waals surface area contributed by atoms with Crippen LogP contribution in [0.3, 0.4) is 0 Å². The Hall–Kier alpha value is -0.580. The molecule has 3 nitrogen and oxygen atoms in total. The molecule has 0 bridgehead atoms. The van der Waals surface area contributed by atoms with Crippen molar-refractivity contribution in [1.82, 2.24) is 4.90 Å². The van der Waals surface area contributed by atoms with Crippen molar-refractivity contribution < 1.29 is 9.53 Å². The summed E-state index contributed by atoms with van der Waals surface area (Å²) in [5, 5.41) is 0.677. The quantitative estimate of drug-likeness (QED) is 0.764. The van der Waals surface area contributed by atoms with Crippen LogP contribution in [0.5, 0.6) is 5.75 Å². The van der Waals surface area contributed by atoms with Crippen molar-refractivity contribution in [2.75, 3.05) is 19.7 Å². The summed E-state index contributed by atoms with van der Waals surface area (Å²) in [6, 6.07) is 5.52. The number of ether oxygens (including phenoxy) is 1. The van der Waals surface area contributed by atoms with E-state index in [-0.39, 0.29) is 6.04 Å². The smallest absolute Gasteiger partial charge is 0.137 e. The Labute approximate surface area is 127 Å². The van der Waals surface area contributed by atoms with Crippen LogP contribution in [-0.2, 0) is 4.79 Å². The molecule has 0 amide bonds. The van der Waals surface area contributed by atoms with Crippen molar-refractivity contribution in [3.8, 4) is 5.75 Å². The van der Waals surface area contributed by atoms with E-state index in [1.807, 2.05) is 12.1 Å². The zero-order valence-electron chi connectivity index (χ0n) is 10.6. The standard InChI is InChI=1S/C14H17BrClNO2/c15-13-9-11(16)4-5-14(13)19-8-7-17-6-2-1-3-12(17)10-18/h4-5,9-10,12H,1-3,6-8H2. The second-order valence-corrected chi connectivity index (χ2v) is 5.95. The minimum Gasteiger partial charge on any atom is -0.491 e. The number of hydrogen-bond donors (Lipinski definition) is 0. The maximum Gasteiger partial charge on any atom is 0.137 e. The number of aldehydes is 1. The number of carbonyl (C=O) groups is 1. The molecule has 0 aliphatic carbocycles. The van der Waals surface area contributed by atoms with Crippen LogP contribution in [0.1, 0.15) is 19.3 Å². The highest BCUT2D eigenvalue weighted by Crippen LogP contribution is 2.28. The van der Waals surface area contributed by atoms with Gasteiger partial charge in [0.15, 0.2) is 0 Å². The van der Waals surface area contributed by atoms with Gasteiger partial charge in [-0.05, 0) is 53.5 Å². The first-order valence-electron chi connectivity index (χ1n) is 6.48. The number of benzene rings is 1. The number of halogens is 2. The normalized spacial score (nSPS) is 20.2. The van der Waals surface area contributed by atoms with E-state index in [1.54, 1.807) is 6.07 Å². The summed E-state index contributed by atoms with van der Waals surface area (Å²) in [7, 11) is 0. The topological polar surface area (TPSA) is 29.5 Å². The van der Waals surface area contributed by atoms with Gasteiger partial charge < -0.3 is 9.53 Å². The number of hydrogen-bond acceptors (Lipinski definition) is 3. The van der Waals surface area contributed by atoms with Gasteiger partial charge in [0, 0.05) is 11.6 Å². The molecular weight excluding hydrogens is 330 g/mol. The van der Waals surface area contributed by atoms with Crippen LogP contribution < -0.4 is 4.74 Å². The van der Waals surface area contributed by atoms with Gasteiger partial charge in [0.05, 0.1) is 10.5 Å². The van der Waals surface area contributed by atoms with Gasteiger partial charge in [0.25, 0.3) is 0 Å². The van der Waals surface area contributed by atoms with Crippen LogP contribution in [-0.4, -0.2) is 36.9 Å². The predicted molar refractivity (Wildman–Crippen MR) is 79.9 cm³/mol. The Balaban J connectivity index is 1.83. The highest BCUT2D eigenvalue weighted by Gasteiger charge is 2.21. The van der Waals surface area contributed by atoms with Gasteiger partial charge in [-0.1, -0.05) is 18.0 Å². The Morgan fingerprint density at radius 2 is 2.32 bits per heavy atom. The fraction of sp³-hybridized carbons (Fsp3) is 0.500. The molecule has 0 spiro atoms. The Kier molecular flexibility index (Phi) is 5.67. The maximum atomic E-state index is 11.0. The van der Waals surface area contributed by atoms with Crippen molar-refractivity contribution in [2.45, 2.75) is 25.3 Å². The molecule has 1 aliphatic heterocycles. The van der Waals surface area contributed by atoms with Crippen LogP contribution in [0, 0.1) is 0 Å². The molecule has 2 rings (SSSR count). The van der Waals surface area contributed by atoms with E-state index >= 15 is 0 Å². The van der Waals surface area contributed by atoms with Crippen molar-refractivity contribution >= 4 is 33.8 Å². The molecule has 1 saturated heterocycles. The highest BCUT2D eigenvalue weighted by atomic mass is 79.9. The van der Waals surface area contributed by atoms with E-state index in [1.165, 1.54) is 0 Å². The number of nitrogens with zero attached hydrogens (tertiary/aromatic N) is 1. The van der Waals surface area contributed by atoms with Gasteiger partial charge in [-0.25, -0.2) is 0 Å². The number of carbonyl (C=O) groups excluding carboxylic acids is 1. The summed E-state index contributed by atoms with van der Waals surface area (Å²) in [6.07, 6.45) is 4.32. The number of rotatable bonds is 5. The van der Waals surface area contributed by atoms with Crippen molar-refractivity contribution in [2.24, 2.45) is 0 Å². The molecule has 1 fully saturated rings. The molecule has 1 unspecified atom stereocenters. The van der Waals surface area contributed by atoms with Crippen LogP contribution in [0.25, 0.3) is 0 Å². The SMILES string of the molecule is O=CC1CCCCN1CCOc1ccc(Cl)cc1Br. The first-order chi connectivity index (χ1) is 9.20. The Morgan fingerprint density at radius 3 is 3.05 bits per heavy atom. The van der Waals surface area contributed by atoms with Crippen LogP contribution in [0.4, 0.5) is 0 Å². The molecule has 1 aromatic carbocycles. The van der Waals surface area contributed by atoms with Crippen LogP contribution in [0.2, 0.25) is 5.02 Å². The first-order valence-corrected chi connectivity index (χ1v) is 7.65. The average Bonchev–Trinajstić information content (AvgIpc) is 2.42. The van der Waals surface area contributed by atoms with Gasteiger partial charge >= 0.3 is 0 Å². The van der Waals surface area contributed by atoms with Crippen molar-refractivity contribution in [3.63, 3.8) is 0 Å². The van der Waals surface area contributed by atoms with Gasteiger partial charge in [-0.2, -0.15) is 0 Å². The summed E-state index contributed by atoms with van der Waals surface area (Å²) in [6.45, 7) is 2.33. The van der Waals surface area contributed by atoms with E-state index in [9.17, 15) is 4.79 Å².